The number of anilines is 1. The van der Waals surface area contributed by atoms with Crippen molar-refractivity contribution in [2.45, 2.75) is 25.1 Å². The number of aryl methyl sites for hydroxylation is 1. The van der Waals surface area contributed by atoms with Crippen LogP contribution in [0.5, 0.6) is 0 Å². The summed E-state index contributed by atoms with van der Waals surface area (Å²) in [6, 6.07) is 4.07. The van der Waals surface area contributed by atoms with Gasteiger partial charge in [0.05, 0.1) is 5.56 Å². The molecule has 2 nitrogen and oxygen atoms in total. The Balaban J connectivity index is 2.40. The zero-order valence-electron chi connectivity index (χ0n) is 9.59. The molecule has 1 aliphatic rings. The smallest absolute Gasteiger partial charge is 0.370 e. The molecule has 0 saturated carbocycles. The average Bonchev–Trinajstić information content (AvgIpc) is 2.28. The molecular weight excluding hydrogens is 229 g/mol. The Labute approximate surface area is 98.2 Å². The molecule has 17 heavy (non-hydrogen) atoms. The van der Waals surface area contributed by atoms with E-state index in [0.29, 0.717) is 12.2 Å². The molecule has 1 aliphatic heterocycles. The zero-order valence-corrected chi connectivity index (χ0v) is 9.59. The topological polar surface area (TPSA) is 29.3 Å². The summed E-state index contributed by atoms with van der Waals surface area (Å²) in [5, 5.41) is 0. The molecule has 1 heterocycles. The molecule has 0 amide bonds. The minimum atomic E-state index is -4.29. The fourth-order valence-corrected chi connectivity index (χ4v) is 2.27. The van der Waals surface area contributed by atoms with Crippen molar-refractivity contribution in [1.82, 2.24) is 0 Å². The van der Waals surface area contributed by atoms with E-state index in [1.807, 2.05) is 4.90 Å². The van der Waals surface area contributed by atoms with Gasteiger partial charge in [0.1, 0.15) is 0 Å². The Morgan fingerprint density at radius 2 is 2.12 bits per heavy atom. The van der Waals surface area contributed by atoms with E-state index in [1.165, 1.54) is 6.07 Å². The Morgan fingerprint density at radius 3 is 2.71 bits per heavy atom. The van der Waals surface area contributed by atoms with E-state index >= 15 is 0 Å². The number of nitrogens with two attached hydrogens (primary N) is 1. The van der Waals surface area contributed by atoms with Crippen molar-refractivity contribution >= 4 is 5.69 Å². The van der Waals surface area contributed by atoms with Gasteiger partial charge in [-0.2, -0.15) is 13.2 Å². The summed E-state index contributed by atoms with van der Waals surface area (Å²) in [5.41, 5.74) is 6.63. The number of benzene rings is 1. The second kappa shape index (κ2) is 4.22. The predicted molar refractivity (Wildman–Crippen MR) is 61.0 cm³/mol. The Kier molecular flexibility index (Phi) is 3.03. The van der Waals surface area contributed by atoms with E-state index in [4.69, 9.17) is 5.73 Å². The van der Waals surface area contributed by atoms with Crippen molar-refractivity contribution in [2.75, 3.05) is 18.5 Å². The highest BCUT2D eigenvalue weighted by Crippen LogP contribution is 2.36. The van der Waals surface area contributed by atoms with E-state index in [1.54, 1.807) is 13.1 Å². The lowest BCUT2D eigenvalue weighted by atomic mass is 9.95. The van der Waals surface area contributed by atoms with Crippen LogP contribution in [0.3, 0.4) is 0 Å². The second-order valence-electron chi connectivity index (χ2n) is 4.38. The third-order valence-corrected chi connectivity index (χ3v) is 3.36. The van der Waals surface area contributed by atoms with Gasteiger partial charge in [0, 0.05) is 25.3 Å². The van der Waals surface area contributed by atoms with Crippen LogP contribution < -0.4 is 10.6 Å². The highest BCUT2D eigenvalue weighted by molar-refractivity contribution is 5.58. The van der Waals surface area contributed by atoms with E-state index in [-0.39, 0.29) is 6.04 Å². The molecule has 2 N–H and O–H groups in total. The summed E-state index contributed by atoms with van der Waals surface area (Å²) in [7, 11) is 1.80. The van der Waals surface area contributed by atoms with Crippen LogP contribution in [0.25, 0.3) is 0 Å². The van der Waals surface area contributed by atoms with Crippen molar-refractivity contribution in [3.05, 3.63) is 29.3 Å². The molecule has 0 saturated heterocycles. The van der Waals surface area contributed by atoms with Crippen LogP contribution in [0.4, 0.5) is 18.9 Å². The number of fused-ring (bicyclic) bond motifs is 1. The number of halogens is 3. The van der Waals surface area contributed by atoms with Crippen LogP contribution >= 0.6 is 0 Å². The fraction of sp³-hybridized carbons (Fsp3) is 0.500. The number of nitrogens with zero attached hydrogens (tertiary/aromatic N) is 1. The first-order valence-corrected chi connectivity index (χ1v) is 5.56. The Morgan fingerprint density at radius 1 is 1.41 bits per heavy atom. The highest BCUT2D eigenvalue weighted by atomic mass is 19.4. The normalized spacial score (nSPS) is 20.3. The van der Waals surface area contributed by atoms with Crippen LogP contribution in [-0.2, 0) is 12.6 Å². The number of hydrogen-bond acceptors (Lipinski definition) is 2. The fourth-order valence-electron chi connectivity index (χ4n) is 2.27. The molecule has 0 spiro atoms. The first kappa shape index (κ1) is 12.2. The molecule has 0 aromatic heterocycles. The van der Waals surface area contributed by atoms with E-state index in [2.05, 4.69) is 0 Å². The molecule has 1 aromatic carbocycles. The standard InChI is InChI=1S/C12H15F3N2/c1-17-10(7-16)5-3-8-2-4-9(6-11(8)17)12(13,14)15/h2,4,6,10H,3,5,7,16H2,1H3. The van der Waals surface area contributed by atoms with Crippen LogP contribution in [0.1, 0.15) is 17.5 Å². The molecule has 0 fully saturated rings. The van der Waals surface area contributed by atoms with Crippen LogP contribution in [-0.4, -0.2) is 19.6 Å². The van der Waals surface area contributed by atoms with Gasteiger partial charge in [0.25, 0.3) is 0 Å². The SMILES string of the molecule is CN1c2cc(C(F)(F)F)ccc2CCC1CN. The van der Waals surface area contributed by atoms with Crippen molar-refractivity contribution in [2.24, 2.45) is 5.73 Å². The lowest BCUT2D eigenvalue weighted by molar-refractivity contribution is -0.137. The largest absolute Gasteiger partial charge is 0.416 e. The summed E-state index contributed by atoms with van der Waals surface area (Å²) in [4.78, 5) is 1.86. The molecule has 1 unspecified atom stereocenters. The summed E-state index contributed by atoms with van der Waals surface area (Å²) in [5.74, 6) is 0. The first-order valence-electron chi connectivity index (χ1n) is 5.56. The molecule has 0 bridgehead atoms. The third-order valence-electron chi connectivity index (χ3n) is 3.36. The van der Waals surface area contributed by atoms with Gasteiger partial charge in [-0.15, -0.1) is 0 Å². The number of hydrogen-bond donors (Lipinski definition) is 1. The minimum Gasteiger partial charge on any atom is -0.370 e. The third kappa shape index (κ3) is 2.24. The van der Waals surface area contributed by atoms with Gasteiger partial charge in [-0.05, 0) is 30.5 Å². The Hall–Kier alpha value is -1.23. The molecule has 0 aliphatic carbocycles. The van der Waals surface area contributed by atoms with Crippen molar-refractivity contribution < 1.29 is 13.2 Å². The Bertz CT molecular complexity index is 415. The number of rotatable bonds is 1. The summed E-state index contributed by atoms with van der Waals surface area (Å²) in [6.07, 6.45) is -2.60. The first-order chi connectivity index (χ1) is 7.93. The maximum absolute atomic E-state index is 12.6. The molecule has 94 valence electrons. The van der Waals surface area contributed by atoms with Crippen LogP contribution in [0.15, 0.2) is 18.2 Å². The second-order valence-corrected chi connectivity index (χ2v) is 4.38. The minimum absolute atomic E-state index is 0.131. The van der Waals surface area contributed by atoms with Gasteiger partial charge in [-0.1, -0.05) is 6.07 Å². The van der Waals surface area contributed by atoms with Crippen molar-refractivity contribution in [3.63, 3.8) is 0 Å². The van der Waals surface area contributed by atoms with Gasteiger partial charge in [-0.25, -0.2) is 0 Å². The summed E-state index contributed by atoms with van der Waals surface area (Å²) in [6.45, 7) is 0.464. The maximum Gasteiger partial charge on any atom is 0.416 e. The molecular formula is C12H15F3N2. The predicted octanol–water partition coefficient (Wildman–Crippen LogP) is 2.42. The number of likely N-dealkylation sites (N-methyl/N-ethyl adjacent to an activating group) is 1. The monoisotopic (exact) mass is 244 g/mol. The maximum atomic E-state index is 12.6. The van der Waals surface area contributed by atoms with Gasteiger partial charge in [0.2, 0.25) is 0 Å². The summed E-state index contributed by atoms with van der Waals surface area (Å²) >= 11 is 0. The lowest BCUT2D eigenvalue weighted by Gasteiger charge is -2.35. The molecule has 1 aromatic rings. The van der Waals surface area contributed by atoms with Crippen molar-refractivity contribution in [3.8, 4) is 0 Å². The van der Waals surface area contributed by atoms with Gasteiger partial charge < -0.3 is 10.6 Å². The van der Waals surface area contributed by atoms with E-state index in [0.717, 1.165) is 24.5 Å². The highest BCUT2D eigenvalue weighted by Gasteiger charge is 2.32. The van der Waals surface area contributed by atoms with Crippen LogP contribution in [0.2, 0.25) is 0 Å². The van der Waals surface area contributed by atoms with Gasteiger partial charge >= 0.3 is 6.18 Å². The molecule has 2 rings (SSSR count). The van der Waals surface area contributed by atoms with E-state index in [9.17, 15) is 13.2 Å². The average molecular weight is 244 g/mol. The molecule has 5 heteroatoms. The van der Waals surface area contributed by atoms with Crippen molar-refractivity contribution in [1.29, 1.82) is 0 Å². The van der Waals surface area contributed by atoms with Crippen LogP contribution in [0, 0.1) is 0 Å². The van der Waals surface area contributed by atoms with E-state index < -0.39 is 11.7 Å². The quantitative estimate of drug-likeness (QED) is 0.822. The molecule has 1 atom stereocenters. The summed E-state index contributed by atoms with van der Waals surface area (Å²) < 4.78 is 37.9. The number of alkyl halides is 3. The van der Waals surface area contributed by atoms with Gasteiger partial charge in [0.15, 0.2) is 0 Å². The molecule has 0 radical (unpaired) electrons. The zero-order chi connectivity index (χ0) is 12.6. The lowest BCUT2D eigenvalue weighted by Crippen LogP contribution is -2.41. The van der Waals surface area contributed by atoms with Gasteiger partial charge in [-0.3, -0.25) is 0 Å².